The van der Waals surface area contributed by atoms with E-state index in [2.05, 4.69) is 23.0 Å². The van der Waals surface area contributed by atoms with Crippen LogP contribution in [-0.2, 0) is 6.54 Å². The molecule has 0 saturated heterocycles. The Labute approximate surface area is 114 Å². The first kappa shape index (κ1) is 13.8. The van der Waals surface area contributed by atoms with Crippen LogP contribution < -0.4 is 5.73 Å². The number of nitrogens with zero attached hydrogens (tertiary/aromatic N) is 2. The molecule has 0 radical (unpaired) electrons. The maximum absolute atomic E-state index is 6.12. The summed E-state index contributed by atoms with van der Waals surface area (Å²) in [5, 5.41) is 0. The highest BCUT2D eigenvalue weighted by Crippen LogP contribution is 2.25. The molecular weight excluding hydrogens is 238 g/mol. The standard InChI is InChI=1S/C15H21N3O/c1-11-6-7-14(19-11)15(12(2)16)18(3)10-13-5-4-8-17-9-13/h4-9,12,15H,10,16H2,1-3H3. The normalized spacial score (nSPS) is 14.6. The minimum atomic E-state index is -0.00720. The molecule has 2 aromatic rings. The maximum Gasteiger partial charge on any atom is 0.122 e. The van der Waals surface area contributed by atoms with Crippen molar-refractivity contribution < 1.29 is 4.42 Å². The van der Waals surface area contributed by atoms with E-state index in [9.17, 15) is 0 Å². The van der Waals surface area contributed by atoms with Gasteiger partial charge in [-0.05, 0) is 44.7 Å². The molecule has 2 rings (SSSR count). The van der Waals surface area contributed by atoms with Crippen LogP contribution in [0, 0.1) is 6.92 Å². The Hall–Kier alpha value is -1.65. The van der Waals surface area contributed by atoms with Crippen molar-refractivity contribution in [2.45, 2.75) is 32.5 Å². The summed E-state index contributed by atoms with van der Waals surface area (Å²) in [6, 6.07) is 8.04. The first-order valence-electron chi connectivity index (χ1n) is 6.49. The van der Waals surface area contributed by atoms with Gasteiger partial charge in [-0.15, -0.1) is 0 Å². The van der Waals surface area contributed by atoms with E-state index in [0.29, 0.717) is 0 Å². The lowest BCUT2D eigenvalue weighted by Gasteiger charge is -2.29. The highest BCUT2D eigenvalue weighted by atomic mass is 16.3. The zero-order valence-electron chi connectivity index (χ0n) is 11.7. The fraction of sp³-hybridized carbons (Fsp3) is 0.400. The van der Waals surface area contributed by atoms with Gasteiger partial charge in [0.05, 0.1) is 6.04 Å². The number of nitrogens with two attached hydrogens (primary N) is 1. The van der Waals surface area contributed by atoms with Crippen LogP contribution in [0.2, 0.25) is 0 Å². The summed E-state index contributed by atoms with van der Waals surface area (Å²) < 4.78 is 5.73. The molecule has 2 heterocycles. The van der Waals surface area contributed by atoms with E-state index >= 15 is 0 Å². The van der Waals surface area contributed by atoms with Crippen LogP contribution in [0.4, 0.5) is 0 Å². The van der Waals surface area contributed by atoms with Gasteiger partial charge in [0.2, 0.25) is 0 Å². The number of pyridine rings is 1. The Kier molecular flexibility index (Phi) is 4.35. The molecule has 4 heteroatoms. The first-order valence-corrected chi connectivity index (χ1v) is 6.49. The zero-order valence-corrected chi connectivity index (χ0v) is 11.7. The minimum absolute atomic E-state index is 0.00720. The maximum atomic E-state index is 6.12. The van der Waals surface area contributed by atoms with Crippen molar-refractivity contribution in [2.24, 2.45) is 5.73 Å². The lowest BCUT2D eigenvalue weighted by Crippen LogP contribution is -2.36. The number of aryl methyl sites for hydroxylation is 1. The van der Waals surface area contributed by atoms with Crippen molar-refractivity contribution in [3.05, 3.63) is 53.7 Å². The summed E-state index contributed by atoms with van der Waals surface area (Å²) in [7, 11) is 2.05. The van der Waals surface area contributed by atoms with Crippen LogP contribution in [0.15, 0.2) is 41.1 Å². The molecule has 0 aliphatic heterocycles. The predicted octanol–water partition coefficient (Wildman–Crippen LogP) is 2.50. The topological polar surface area (TPSA) is 55.3 Å². The second-order valence-electron chi connectivity index (χ2n) is 5.03. The SMILES string of the molecule is Cc1ccc(C(C(C)N)N(C)Cc2cccnc2)o1. The molecule has 0 fully saturated rings. The number of furan rings is 1. The Morgan fingerprint density at radius 1 is 1.37 bits per heavy atom. The molecule has 0 saturated carbocycles. The van der Waals surface area contributed by atoms with Crippen molar-refractivity contribution in [1.29, 1.82) is 0 Å². The van der Waals surface area contributed by atoms with Gasteiger partial charge in [0, 0.05) is 25.0 Å². The average Bonchev–Trinajstić information content (AvgIpc) is 2.76. The van der Waals surface area contributed by atoms with E-state index in [1.807, 2.05) is 38.2 Å². The van der Waals surface area contributed by atoms with E-state index < -0.39 is 0 Å². The Morgan fingerprint density at radius 2 is 2.16 bits per heavy atom. The molecule has 0 amide bonds. The van der Waals surface area contributed by atoms with Gasteiger partial charge in [0.25, 0.3) is 0 Å². The second kappa shape index (κ2) is 5.99. The Morgan fingerprint density at radius 3 is 2.68 bits per heavy atom. The summed E-state index contributed by atoms with van der Waals surface area (Å²) in [6.45, 7) is 4.74. The monoisotopic (exact) mass is 259 g/mol. The quantitative estimate of drug-likeness (QED) is 0.896. The zero-order chi connectivity index (χ0) is 13.8. The van der Waals surface area contributed by atoms with Crippen molar-refractivity contribution in [3.8, 4) is 0 Å². The van der Waals surface area contributed by atoms with Gasteiger partial charge < -0.3 is 10.2 Å². The highest BCUT2D eigenvalue weighted by molar-refractivity contribution is 5.13. The third kappa shape index (κ3) is 3.43. The predicted molar refractivity (Wildman–Crippen MR) is 75.5 cm³/mol. The molecular formula is C15H21N3O. The molecule has 2 unspecified atom stereocenters. The summed E-state index contributed by atoms with van der Waals surface area (Å²) in [5.41, 5.74) is 7.28. The molecule has 0 bridgehead atoms. The number of aromatic nitrogens is 1. The summed E-state index contributed by atoms with van der Waals surface area (Å²) in [5.74, 6) is 1.83. The van der Waals surface area contributed by atoms with Gasteiger partial charge >= 0.3 is 0 Å². The van der Waals surface area contributed by atoms with Crippen molar-refractivity contribution in [1.82, 2.24) is 9.88 Å². The summed E-state index contributed by atoms with van der Waals surface area (Å²) >= 11 is 0. The van der Waals surface area contributed by atoms with Crippen LogP contribution in [0.25, 0.3) is 0 Å². The largest absolute Gasteiger partial charge is 0.465 e. The number of hydrogen-bond acceptors (Lipinski definition) is 4. The molecule has 102 valence electrons. The lowest BCUT2D eigenvalue weighted by molar-refractivity contribution is 0.182. The van der Waals surface area contributed by atoms with Gasteiger partial charge in [-0.1, -0.05) is 6.07 Å². The van der Waals surface area contributed by atoms with Crippen molar-refractivity contribution in [2.75, 3.05) is 7.05 Å². The highest BCUT2D eigenvalue weighted by Gasteiger charge is 2.24. The van der Waals surface area contributed by atoms with Crippen LogP contribution in [0.1, 0.15) is 30.0 Å². The summed E-state index contributed by atoms with van der Waals surface area (Å²) in [6.07, 6.45) is 3.66. The van der Waals surface area contributed by atoms with Gasteiger partial charge in [0.15, 0.2) is 0 Å². The van der Waals surface area contributed by atoms with Crippen LogP contribution in [0.5, 0.6) is 0 Å². The van der Waals surface area contributed by atoms with Crippen molar-refractivity contribution >= 4 is 0 Å². The molecule has 2 aromatic heterocycles. The Bertz CT molecular complexity index is 507. The molecule has 0 aliphatic rings. The van der Waals surface area contributed by atoms with E-state index in [1.54, 1.807) is 6.20 Å². The average molecular weight is 259 g/mol. The smallest absolute Gasteiger partial charge is 0.122 e. The van der Waals surface area contributed by atoms with Crippen LogP contribution >= 0.6 is 0 Å². The fourth-order valence-electron chi connectivity index (χ4n) is 2.37. The lowest BCUT2D eigenvalue weighted by atomic mass is 10.1. The number of hydrogen-bond donors (Lipinski definition) is 1. The third-order valence-electron chi connectivity index (χ3n) is 3.18. The molecule has 0 spiro atoms. The van der Waals surface area contributed by atoms with Gasteiger partial charge in [-0.2, -0.15) is 0 Å². The number of likely N-dealkylation sites (N-methyl/N-ethyl adjacent to an activating group) is 1. The molecule has 19 heavy (non-hydrogen) atoms. The van der Waals surface area contributed by atoms with E-state index in [-0.39, 0.29) is 12.1 Å². The van der Waals surface area contributed by atoms with Gasteiger partial charge in [0.1, 0.15) is 11.5 Å². The van der Waals surface area contributed by atoms with Gasteiger partial charge in [-0.25, -0.2) is 0 Å². The Balaban J connectivity index is 2.15. The molecule has 2 N–H and O–H groups in total. The van der Waals surface area contributed by atoms with E-state index in [4.69, 9.17) is 10.2 Å². The molecule has 0 aliphatic carbocycles. The van der Waals surface area contributed by atoms with Gasteiger partial charge in [-0.3, -0.25) is 9.88 Å². The third-order valence-corrected chi connectivity index (χ3v) is 3.18. The van der Waals surface area contributed by atoms with Crippen LogP contribution in [0.3, 0.4) is 0 Å². The minimum Gasteiger partial charge on any atom is -0.465 e. The van der Waals surface area contributed by atoms with Crippen molar-refractivity contribution in [3.63, 3.8) is 0 Å². The van der Waals surface area contributed by atoms with Crippen LogP contribution in [-0.4, -0.2) is 23.0 Å². The fourth-order valence-corrected chi connectivity index (χ4v) is 2.37. The van der Waals surface area contributed by atoms with E-state index in [1.165, 1.54) is 5.56 Å². The molecule has 2 atom stereocenters. The van der Waals surface area contributed by atoms with E-state index in [0.717, 1.165) is 18.1 Å². The first-order chi connectivity index (χ1) is 9.08. The molecule has 4 nitrogen and oxygen atoms in total. The number of rotatable bonds is 5. The molecule has 0 aromatic carbocycles. The summed E-state index contributed by atoms with van der Waals surface area (Å²) in [4.78, 5) is 6.33. The second-order valence-corrected chi connectivity index (χ2v) is 5.03.